The smallest absolute Gasteiger partial charge is 0.221 e. The van der Waals surface area contributed by atoms with Crippen molar-refractivity contribution < 1.29 is 79.1 Å². The van der Waals surface area contributed by atoms with Crippen molar-refractivity contribution in [2.75, 3.05) is 87.0 Å². The molecule has 7 N–H and O–H groups in total. The van der Waals surface area contributed by atoms with E-state index >= 15 is 0 Å². The molecule has 0 aromatic heterocycles. The van der Waals surface area contributed by atoms with Crippen LogP contribution in [-0.4, -0.2) is 91.1 Å². The summed E-state index contributed by atoms with van der Waals surface area (Å²) >= 11 is 0. The first-order chi connectivity index (χ1) is 44.0. The Kier molecular flexibility index (Phi) is 28.0. The minimum absolute atomic E-state index is 0.0693. The number of carbonyl (C=O) groups is 7. The second kappa shape index (κ2) is 41.4. The van der Waals surface area contributed by atoms with Gasteiger partial charge in [0.05, 0.1) is 51.1 Å². The zero-order valence-electron chi connectivity index (χ0n) is 57.5. The van der Waals surface area contributed by atoms with Crippen LogP contribution in [0.4, 0.5) is 39.8 Å². The van der Waals surface area contributed by atoms with Crippen LogP contribution in [0.5, 0.6) is 40.2 Å². The van der Waals surface area contributed by atoms with Gasteiger partial charge in [-0.3, -0.25) is 33.6 Å². The van der Waals surface area contributed by atoms with Gasteiger partial charge < -0.3 is 70.4 Å². The van der Waals surface area contributed by atoms with Crippen molar-refractivity contribution in [2.45, 2.75) is 48.3 Å². The molecule has 0 atom stereocenters. The van der Waals surface area contributed by atoms with E-state index in [1.54, 1.807) is 199 Å². The van der Waals surface area contributed by atoms with Gasteiger partial charge in [-0.15, -0.1) is 0 Å². The average Bonchev–Trinajstić information content (AvgIpc) is 3.66. The van der Waals surface area contributed by atoms with Gasteiger partial charge in [0.15, 0.2) is 2.82 Å². The monoisotopic (exact) mass is 1160 g/mol. The number of hydrogen-bond donors (Lipinski definition) is 7. The highest BCUT2D eigenvalue weighted by atomic mass is 16.5. The number of amides is 7. The number of rotatable bonds is 14. The van der Waals surface area contributed by atoms with Gasteiger partial charge in [0.1, 0.15) is 40.2 Å². The molecule has 0 aliphatic carbocycles. The molecule has 0 heterocycles. The van der Waals surface area contributed by atoms with E-state index in [1.165, 1.54) is 41.9 Å². The van der Waals surface area contributed by atoms with E-state index in [-0.39, 0.29) is 42.5 Å². The summed E-state index contributed by atoms with van der Waals surface area (Å²) in [5.74, 6) is 1.97. The topological polar surface area (TPSA) is 268 Å². The lowest BCUT2D eigenvalue weighted by Crippen LogP contribution is -2.05. The molecule has 7 rings (SSSR count). The van der Waals surface area contributed by atoms with Crippen LogP contribution in [0.25, 0.3) is 0 Å². The lowest BCUT2D eigenvalue weighted by Gasteiger charge is -2.02. The predicted molar refractivity (Wildman–Crippen MR) is 331 cm³/mol. The number of anilines is 7. The van der Waals surface area contributed by atoms with E-state index in [1.807, 2.05) is 0 Å². The molecular formula is C63H77N7O14. The summed E-state index contributed by atoms with van der Waals surface area (Å²) in [5, 5.41) is 14.2. The van der Waals surface area contributed by atoms with Crippen LogP contribution in [0.15, 0.2) is 170 Å². The number of benzene rings is 7. The molecule has 0 aliphatic rings. The van der Waals surface area contributed by atoms with Gasteiger partial charge in [0.2, 0.25) is 41.4 Å². The van der Waals surface area contributed by atoms with Crippen molar-refractivity contribution in [3.8, 4) is 40.2 Å². The van der Waals surface area contributed by atoms with Crippen molar-refractivity contribution >= 4 is 81.2 Å². The fourth-order valence-electron chi connectivity index (χ4n) is 5.83. The fourth-order valence-corrected chi connectivity index (χ4v) is 5.83. The van der Waals surface area contributed by atoms with Crippen LogP contribution in [0, 0.1) is 0 Å². The Morgan fingerprint density at radius 2 is 0.524 bits per heavy atom. The average molecular weight is 1170 g/mol. The molecule has 0 unspecified atom stereocenters. The molecular weight excluding hydrogens is 1080 g/mol. The first-order valence-corrected chi connectivity index (χ1v) is 24.7. The molecule has 21 heteroatoms. The highest BCUT2D eigenvalue weighted by molar-refractivity contribution is 5.91. The first kappa shape index (κ1) is 56.7. The van der Waals surface area contributed by atoms with Crippen LogP contribution in [0.2, 0.25) is 2.82 Å². The standard InChI is InChI=1S/7C9H11NO2/c7*1-7(11)10-8-3-5-9(12-2)6-4-8/h7*3-6H,1-2H3,(H,10,11)/i5D;1D3;1D2;1D;;;/hD2. The highest BCUT2D eigenvalue weighted by Gasteiger charge is 2.00. The minimum atomic E-state index is -2.63. The number of nitrogens with one attached hydrogen (secondary N) is 7. The predicted octanol–water partition coefficient (Wildman–Crippen LogP) is 11.6. The molecule has 0 fully saturated rings. The van der Waals surface area contributed by atoms with Gasteiger partial charge in [0.25, 0.3) is 0 Å². The molecule has 7 amide bonds. The van der Waals surface area contributed by atoms with E-state index < -0.39 is 25.5 Å². The minimum Gasteiger partial charge on any atom is -0.497 e. The molecule has 448 valence electrons. The summed E-state index contributed by atoms with van der Waals surface area (Å²) in [6, 6.07) is 45.8. The van der Waals surface area contributed by atoms with Crippen molar-refractivity contribution in [3.05, 3.63) is 170 Å². The lowest BCUT2D eigenvalue weighted by molar-refractivity contribution is -0.115. The normalized spacial score (nSPS) is 10.9. The van der Waals surface area contributed by atoms with Gasteiger partial charge in [-0.2, -0.15) is 0 Å². The first-order valence-electron chi connectivity index (χ1n) is 29.4. The number of methoxy groups -OCH3 is 7. The zero-order chi connectivity index (χ0) is 70.2. The van der Waals surface area contributed by atoms with Crippen LogP contribution in [0.3, 0.4) is 0 Å². The van der Waals surface area contributed by atoms with Crippen molar-refractivity contribution in [2.24, 2.45) is 0 Å². The van der Waals surface area contributed by atoms with Gasteiger partial charge in [-0.05, 0) is 170 Å². The third-order valence-electron chi connectivity index (χ3n) is 9.53. The Bertz CT molecular complexity index is 3330. The Hall–Kier alpha value is -10.6. The summed E-state index contributed by atoms with van der Waals surface area (Å²) in [6.07, 6.45) is 0. The third-order valence-corrected chi connectivity index (χ3v) is 9.53. The zero-order valence-corrected chi connectivity index (χ0v) is 48.5. The van der Waals surface area contributed by atoms with E-state index in [0.29, 0.717) is 62.9 Å². The molecule has 21 nitrogen and oxygen atoms in total. The second-order valence-electron chi connectivity index (χ2n) is 16.1. The van der Waals surface area contributed by atoms with E-state index in [9.17, 15) is 33.6 Å². The van der Waals surface area contributed by atoms with Crippen LogP contribution < -0.4 is 70.4 Å². The van der Waals surface area contributed by atoms with Gasteiger partial charge in [0, 0.05) is 96.4 Å². The van der Waals surface area contributed by atoms with Crippen molar-refractivity contribution in [1.82, 2.24) is 0 Å². The van der Waals surface area contributed by atoms with Gasteiger partial charge in [-0.1, -0.05) is 0 Å². The van der Waals surface area contributed by atoms with E-state index in [4.69, 9.17) is 45.6 Å². The number of ether oxygens (including phenoxy) is 7. The summed E-state index contributed by atoms with van der Waals surface area (Å²) in [5.41, 5.74) is 4.12. The summed E-state index contributed by atoms with van der Waals surface area (Å²) in [4.78, 5) is 75.8. The van der Waals surface area contributed by atoms with E-state index in [0.717, 1.165) is 27.8 Å². The molecule has 0 saturated heterocycles. The quantitative estimate of drug-likeness (QED) is 0.0534. The Labute approximate surface area is 504 Å². The number of carbonyl (C=O) groups excluding carboxylic acids is 7. The second-order valence-corrected chi connectivity index (χ2v) is 16.1. The fraction of sp³-hybridized carbons (Fsp3) is 0.222. The summed E-state index contributed by atoms with van der Waals surface area (Å²) < 4.78 is 97.8. The van der Waals surface area contributed by atoms with Crippen LogP contribution in [0.1, 0.15) is 57.9 Å². The molecule has 0 aliphatic heterocycles. The molecule has 84 heavy (non-hydrogen) atoms. The maximum atomic E-state index is 11.1. The Balaban J connectivity index is 0.000000543. The molecule has 0 saturated carbocycles. The molecule has 7 aromatic rings. The van der Waals surface area contributed by atoms with Crippen LogP contribution >= 0.6 is 0 Å². The molecule has 7 aromatic carbocycles. The maximum absolute atomic E-state index is 11.1. The number of hydrogen-bond acceptors (Lipinski definition) is 14. The van der Waals surface area contributed by atoms with Gasteiger partial charge >= 0.3 is 0 Å². The van der Waals surface area contributed by atoms with E-state index in [2.05, 4.69) is 26.6 Å². The molecule has 0 spiro atoms. The van der Waals surface area contributed by atoms with Crippen LogP contribution in [-0.2, 0) is 33.6 Å². The Morgan fingerprint density at radius 1 is 0.298 bits per heavy atom. The summed E-state index contributed by atoms with van der Waals surface area (Å²) in [6.45, 7) is 1.20. The highest BCUT2D eigenvalue weighted by Crippen LogP contribution is 2.20. The third kappa shape index (κ3) is 34.4. The summed E-state index contributed by atoms with van der Waals surface area (Å²) in [7, 11) is 10.9. The van der Waals surface area contributed by atoms with Gasteiger partial charge in [-0.25, -0.2) is 0 Å². The molecule has 0 bridgehead atoms. The maximum Gasteiger partial charge on any atom is 0.221 e. The molecule has 0 radical (unpaired) electrons. The SMILES string of the molecule is COc1ccc(NC(C)=O)cc1.[2H]C([2H])([2H])C(=O)Nc1ccc(OC)cc1.[2H]C([2H])C(=O)Nc1ccc(OC)cc1.[2H]CC(=O)Nc1ccc(OC)cc1.[2H]N(C(C)=O)c1ccc(OC)cc1.[2H]N(C(C)=O)c1ccc(OC)cc1.[2H]c1cc(NC(C)=O)ccc1OC. The largest absolute Gasteiger partial charge is 0.497 e. The van der Waals surface area contributed by atoms with Crippen molar-refractivity contribution in [1.29, 1.82) is 0 Å². The van der Waals surface area contributed by atoms with Crippen molar-refractivity contribution in [3.63, 3.8) is 0 Å². The lowest BCUT2D eigenvalue weighted by atomic mass is 10.3. The Morgan fingerprint density at radius 3 is 0.738 bits per heavy atom.